The van der Waals surface area contributed by atoms with Crippen molar-refractivity contribution in [2.45, 2.75) is 64.6 Å². The van der Waals surface area contributed by atoms with Crippen LogP contribution in [0.1, 0.15) is 63.7 Å². The van der Waals surface area contributed by atoms with Gasteiger partial charge in [0, 0.05) is 12.2 Å². The lowest BCUT2D eigenvalue weighted by Gasteiger charge is -2.21. The van der Waals surface area contributed by atoms with E-state index in [4.69, 9.17) is 4.74 Å². The Labute approximate surface area is 125 Å². The monoisotopic (exact) mass is 288 g/mol. The molecule has 2 heterocycles. The van der Waals surface area contributed by atoms with E-state index in [2.05, 4.69) is 41.0 Å². The number of hydrogen-bond donors (Lipinski definition) is 0. The highest BCUT2D eigenvalue weighted by atomic mass is 16.5. The van der Waals surface area contributed by atoms with Crippen LogP contribution < -0.4 is 4.74 Å². The summed E-state index contributed by atoms with van der Waals surface area (Å²) < 4.78 is 9.78. The van der Waals surface area contributed by atoms with E-state index in [0.717, 1.165) is 11.4 Å². The maximum atomic E-state index is 5.76. The fourth-order valence-corrected chi connectivity index (χ4v) is 2.84. The Morgan fingerprint density at radius 1 is 1.29 bits per heavy atom. The lowest BCUT2D eigenvalue weighted by Crippen LogP contribution is -2.13. The van der Waals surface area contributed by atoms with Gasteiger partial charge in [0.05, 0.1) is 24.1 Å². The summed E-state index contributed by atoms with van der Waals surface area (Å²) in [7, 11) is 0. The first kappa shape index (κ1) is 14.2. The summed E-state index contributed by atoms with van der Waals surface area (Å²) in [6.07, 6.45) is 12.3. The van der Waals surface area contributed by atoms with E-state index < -0.39 is 0 Å². The molecule has 0 spiro atoms. The van der Waals surface area contributed by atoms with Crippen LogP contribution in [-0.4, -0.2) is 19.6 Å². The molecule has 0 saturated heterocycles. The molecule has 0 unspecified atom stereocenters. The van der Waals surface area contributed by atoms with E-state index in [-0.39, 0.29) is 0 Å². The molecule has 114 valence electrons. The van der Waals surface area contributed by atoms with Gasteiger partial charge in [-0.15, -0.1) is 0 Å². The van der Waals surface area contributed by atoms with Gasteiger partial charge in [-0.25, -0.2) is 0 Å². The Bertz CT molecular complexity index is 566. The van der Waals surface area contributed by atoms with Crippen molar-refractivity contribution in [1.82, 2.24) is 19.6 Å². The summed E-state index contributed by atoms with van der Waals surface area (Å²) in [5.74, 6) is 0.802. The van der Waals surface area contributed by atoms with Crippen LogP contribution in [0.25, 0.3) is 0 Å². The Morgan fingerprint density at radius 2 is 2.10 bits per heavy atom. The van der Waals surface area contributed by atoms with Crippen LogP contribution in [0.2, 0.25) is 0 Å². The van der Waals surface area contributed by atoms with Gasteiger partial charge in [-0.2, -0.15) is 10.2 Å². The lowest BCUT2D eigenvalue weighted by molar-refractivity contribution is 0.290. The van der Waals surface area contributed by atoms with Crippen molar-refractivity contribution < 1.29 is 4.74 Å². The van der Waals surface area contributed by atoms with Crippen LogP contribution in [0.4, 0.5) is 0 Å². The number of rotatable bonds is 5. The van der Waals surface area contributed by atoms with Crippen LogP contribution in [0, 0.1) is 0 Å². The number of hydrogen-bond acceptors (Lipinski definition) is 3. The maximum Gasteiger partial charge on any atom is 0.157 e. The lowest BCUT2D eigenvalue weighted by atomic mass is 9.96. The van der Waals surface area contributed by atoms with Crippen molar-refractivity contribution in [3.05, 3.63) is 30.4 Å². The topological polar surface area (TPSA) is 44.9 Å². The SMILES string of the molecule is CC(C)n1cc(OCc2ccn(C3CCCCC3)n2)cn1. The fraction of sp³-hybridized carbons (Fsp3) is 0.625. The minimum Gasteiger partial charge on any atom is -0.484 e. The molecule has 0 radical (unpaired) electrons. The summed E-state index contributed by atoms with van der Waals surface area (Å²) in [5, 5.41) is 8.93. The van der Waals surface area contributed by atoms with E-state index in [1.807, 2.05) is 10.9 Å². The number of ether oxygens (including phenoxy) is 1. The third kappa shape index (κ3) is 3.46. The van der Waals surface area contributed by atoms with Crippen molar-refractivity contribution in [3.8, 4) is 5.75 Å². The quantitative estimate of drug-likeness (QED) is 0.841. The van der Waals surface area contributed by atoms with Crippen molar-refractivity contribution in [2.75, 3.05) is 0 Å². The first-order chi connectivity index (χ1) is 10.2. The molecule has 0 aliphatic heterocycles. The van der Waals surface area contributed by atoms with Crippen molar-refractivity contribution in [3.63, 3.8) is 0 Å². The maximum absolute atomic E-state index is 5.76. The predicted molar refractivity (Wildman–Crippen MR) is 81.3 cm³/mol. The molecule has 1 aliphatic rings. The number of aromatic nitrogens is 4. The standard InChI is InChI=1S/C16H24N4O/c1-13(2)20-11-16(10-17-20)21-12-14-8-9-19(18-14)15-6-4-3-5-7-15/h8-11,13,15H,3-7,12H2,1-2H3. The summed E-state index contributed by atoms with van der Waals surface area (Å²) in [5.41, 5.74) is 0.984. The minimum absolute atomic E-state index is 0.354. The highest BCUT2D eigenvalue weighted by molar-refractivity contribution is 5.13. The zero-order valence-corrected chi connectivity index (χ0v) is 12.9. The van der Waals surface area contributed by atoms with E-state index >= 15 is 0 Å². The third-order valence-corrected chi connectivity index (χ3v) is 4.11. The van der Waals surface area contributed by atoms with Crippen LogP contribution in [0.5, 0.6) is 5.75 Å². The molecular weight excluding hydrogens is 264 g/mol. The summed E-state index contributed by atoms with van der Waals surface area (Å²) in [6.45, 7) is 4.70. The Kier molecular flexibility index (Phi) is 4.27. The van der Waals surface area contributed by atoms with Crippen LogP contribution >= 0.6 is 0 Å². The van der Waals surface area contributed by atoms with Gasteiger partial charge < -0.3 is 4.74 Å². The zero-order chi connectivity index (χ0) is 14.7. The molecule has 2 aromatic rings. The Balaban J connectivity index is 1.56. The summed E-state index contributed by atoms with van der Waals surface area (Å²) in [4.78, 5) is 0. The molecule has 21 heavy (non-hydrogen) atoms. The molecule has 1 saturated carbocycles. The van der Waals surface area contributed by atoms with Gasteiger partial charge in [-0.3, -0.25) is 9.36 Å². The molecule has 1 aliphatic carbocycles. The normalized spacial score (nSPS) is 16.5. The molecule has 0 bridgehead atoms. The summed E-state index contributed by atoms with van der Waals surface area (Å²) in [6, 6.07) is 2.99. The second kappa shape index (κ2) is 6.33. The molecule has 3 rings (SSSR count). The van der Waals surface area contributed by atoms with Crippen molar-refractivity contribution >= 4 is 0 Å². The molecule has 0 N–H and O–H groups in total. The van der Waals surface area contributed by atoms with Gasteiger partial charge in [0.1, 0.15) is 6.61 Å². The predicted octanol–water partition coefficient (Wildman–Crippen LogP) is 3.74. The van der Waals surface area contributed by atoms with Crippen molar-refractivity contribution in [2.24, 2.45) is 0 Å². The van der Waals surface area contributed by atoms with Gasteiger partial charge in [-0.05, 0) is 32.8 Å². The first-order valence-corrected chi connectivity index (χ1v) is 7.93. The second-order valence-electron chi connectivity index (χ2n) is 6.12. The van der Waals surface area contributed by atoms with Gasteiger partial charge in [0.25, 0.3) is 0 Å². The molecule has 0 amide bonds. The highest BCUT2D eigenvalue weighted by Gasteiger charge is 2.16. The molecule has 0 atom stereocenters. The van der Waals surface area contributed by atoms with Crippen LogP contribution in [0.15, 0.2) is 24.7 Å². The number of nitrogens with zero attached hydrogens (tertiary/aromatic N) is 4. The van der Waals surface area contributed by atoms with E-state index in [9.17, 15) is 0 Å². The minimum atomic E-state index is 0.354. The van der Waals surface area contributed by atoms with Gasteiger partial charge in [0.2, 0.25) is 0 Å². The average molecular weight is 288 g/mol. The van der Waals surface area contributed by atoms with Gasteiger partial charge in [0.15, 0.2) is 5.75 Å². The van der Waals surface area contributed by atoms with Gasteiger partial charge >= 0.3 is 0 Å². The first-order valence-electron chi connectivity index (χ1n) is 7.93. The average Bonchev–Trinajstić information content (AvgIpc) is 3.15. The zero-order valence-electron chi connectivity index (χ0n) is 12.9. The molecule has 5 heteroatoms. The smallest absolute Gasteiger partial charge is 0.157 e. The van der Waals surface area contributed by atoms with E-state index in [0.29, 0.717) is 18.7 Å². The Hall–Kier alpha value is -1.78. The third-order valence-electron chi connectivity index (χ3n) is 4.11. The summed E-state index contributed by atoms with van der Waals surface area (Å²) >= 11 is 0. The molecule has 2 aromatic heterocycles. The Morgan fingerprint density at radius 3 is 2.81 bits per heavy atom. The molecule has 1 fully saturated rings. The molecular formula is C16H24N4O. The second-order valence-corrected chi connectivity index (χ2v) is 6.12. The largest absolute Gasteiger partial charge is 0.484 e. The van der Waals surface area contributed by atoms with Crippen LogP contribution in [0.3, 0.4) is 0 Å². The van der Waals surface area contributed by atoms with Gasteiger partial charge in [-0.1, -0.05) is 19.3 Å². The molecule has 5 nitrogen and oxygen atoms in total. The van der Waals surface area contributed by atoms with E-state index in [1.54, 1.807) is 6.20 Å². The van der Waals surface area contributed by atoms with Crippen molar-refractivity contribution in [1.29, 1.82) is 0 Å². The highest BCUT2D eigenvalue weighted by Crippen LogP contribution is 2.27. The van der Waals surface area contributed by atoms with Crippen LogP contribution in [-0.2, 0) is 6.61 Å². The fourth-order valence-electron chi connectivity index (χ4n) is 2.84. The van der Waals surface area contributed by atoms with E-state index in [1.165, 1.54) is 32.1 Å². The molecule has 0 aromatic carbocycles.